The van der Waals surface area contributed by atoms with Crippen LogP contribution in [0.15, 0.2) is 66.7 Å². The molecule has 1 N–H and O–H groups in total. The minimum atomic E-state index is -1.14. The van der Waals surface area contributed by atoms with Crippen molar-refractivity contribution in [1.82, 2.24) is 0 Å². The third kappa shape index (κ3) is 4.80. The van der Waals surface area contributed by atoms with Crippen molar-refractivity contribution in [2.45, 2.75) is 20.0 Å². The van der Waals surface area contributed by atoms with Crippen LogP contribution >= 0.6 is 34.5 Å². The Morgan fingerprint density at radius 3 is 2.31 bits per heavy atom. The molecule has 7 heteroatoms. The van der Waals surface area contributed by atoms with Crippen molar-refractivity contribution >= 4 is 62.2 Å². The van der Waals surface area contributed by atoms with E-state index in [9.17, 15) is 9.59 Å². The van der Waals surface area contributed by atoms with Gasteiger partial charge in [0.05, 0.1) is 5.02 Å². The number of rotatable bonds is 5. The van der Waals surface area contributed by atoms with Gasteiger partial charge in [0.25, 0.3) is 5.91 Å². The molecule has 0 aliphatic heterocycles. The first kappa shape index (κ1) is 22.3. The van der Waals surface area contributed by atoms with Gasteiger partial charge in [0, 0.05) is 26.4 Å². The van der Waals surface area contributed by atoms with Crippen LogP contribution in [0.4, 0.5) is 5.69 Å². The second-order valence-electron chi connectivity index (χ2n) is 7.45. The summed E-state index contributed by atoms with van der Waals surface area (Å²) in [4.78, 5) is 26.5. The van der Waals surface area contributed by atoms with E-state index in [1.807, 2.05) is 38.1 Å². The standard InChI is InChI=1S/C25H19Cl2NO3S/c1-14-10-15(2)12-18(11-14)28-24(29)22(16-6-4-3-5-7-16)31-25(30)23-21(27)19-9-8-17(26)13-20(19)32-23/h3-13,22H,1-2H3,(H,28,29). The third-order valence-electron chi connectivity index (χ3n) is 4.83. The Bertz CT molecular complexity index is 1300. The summed E-state index contributed by atoms with van der Waals surface area (Å²) in [6.45, 7) is 3.90. The van der Waals surface area contributed by atoms with Crippen LogP contribution in [-0.4, -0.2) is 11.9 Å². The van der Waals surface area contributed by atoms with Crippen molar-refractivity contribution in [3.05, 3.63) is 98.3 Å². The molecule has 1 amide bonds. The Hall–Kier alpha value is -2.86. The zero-order valence-corrected chi connectivity index (χ0v) is 19.6. The molecule has 0 aliphatic carbocycles. The fourth-order valence-electron chi connectivity index (χ4n) is 3.49. The molecule has 32 heavy (non-hydrogen) atoms. The van der Waals surface area contributed by atoms with Gasteiger partial charge in [-0.25, -0.2) is 4.79 Å². The highest BCUT2D eigenvalue weighted by atomic mass is 35.5. The first-order valence-corrected chi connectivity index (χ1v) is 11.4. The van der Waals surface area contributed by atoms with Gasteiger partial charge in [0.1, 0.15) is 4.88 Å². The molecule has 4 aromatic rings. The molecule has 0 aliphatic rings. The number of esters is 1. The summed E-state index contributed by atoms with van der Waals surface area (Å²) in [5, 5.41) is 4.41. The zero-order chi connectivity index (χ0) is 22.8. The lowest BCUT2D eigenvalue weighted by Crippen LogP contribution is -2.25. The number of nitrogens with one attached hydrogen (secondary N) is 1. The average molecular weight is 484 g/mol. The highest BCUT2D eigenvalue weighted by Crippen LogP contribution is 2.38. The second kappa shape index (κ2) is 9.33. The lowest BCUT2D eigenvalue weighted by Gasteiger charge is -2.18. The molecule has 0 spiro atoms. The monoisotopic (exact) mass is 483 g/mol. The number of halogens is 2. The topological polar surface area (TPSA) is 55.4 Å². The van der Waals surface area contributed by atoms with E-state index in [2.05, 4.69) is 5.32 Å². The Morgan fingerprint density at radius 1 is 0.938 bits per heavy atom. The zero-order valence-electron chi connectivity index (χ0n) is 17.3. The van der Waals surface area contributed by atoms with Gasteiger partial charge >= 0.3 is 5.97 Å². The highest BCUT2D eigenvalue weighted by Gasteiger charge is 2.28. The maximum Gasteiger partial charge on any atom is 0.351 e. The van der Waals surface area contributed by atoms with Crippen LogP contribution in [0.1, 0.15) is 32.5 Å². The van der Waals surface area contributed by atoms with Crippen molar-refractivity contribution < 1.29 is 14.3 Å². The van der Waals surface area contributed by atoms with Crippen molar-refractivity contribution in [3.63, 3.8) is 0 Å². The van der Waals surface area contributed by atoms with Gasteiger partial charge in [-0.1, -0.05) is 65.7 Å². The molecule has 1 aromatic heterocycles. The van der Waals surface area contributed by atoms with Gasteiger partial charge in [0.2, 0.25) is 6.10 Å². The van der Waals surface area contributed by atoms with Crippen molar-refractivity contribution in [3.8, 4) is 0 Å². The van der Waals surface area contributed by atoms with Crippen molar-refractivity contribution in [1.29, 1.82) is 0 Å². The van der Waals surface area contributed by atoms with Crippen LogP contribution in [0.2, 0.25) is 10.0 Å². The maximum atomic E-state index is 13.2. The molecule has 1 atom stereocenters. The summed E-state index contributed by atoms with van der Waals surface area (Å²) in [6, 6.07) is 19.8. The largest absolute Gasteiger partial charge is 0.443 e. The Balaban J connectivity index is 1.65. The molecule has 162 valence electrons. The first-order chi connectivity index (χ1) is 15.3. The molecule has 0 radical (unpaired) electrons. The fraction of sp³-hybridized carbons (Fsp3) is 0.120. The number of carbonyl (C=O) groups is 2. The number of fused-ring (bicyclic) bond motifs is 1. The summed E-state index contributed by atoms with van der Waals surface area (Å²) in [7, 11) is 0. The number of benzene rings is 3. The summed E-state index contributed by atoms with van der Waals surface area (Å²) in [5.74, 6) is -1.12. The second-order valence-corrected chi connectivity index (χ2v) is 9.31. The molecule has 4 nitrogen and oxygen atoms in total. The van der Waals surface area contributed by atoms with E-state index in [1.54, 1.807) is 42.5 Å². The maximum absolute atomic E-state index is 13.2. The lowest BCUT2D eigenvalue weighted by atomic mass is 10.1. The Morgan fingerprint density at radius 2 is 1.62 bits per heavy atom. The molecule has 4 rings (SSSR count). The number of amides is 1. The molecule has 1 heterocycles. The number of carbonyl (C=O) groups excluding carboxylic acids is 2. The van der Waals surface area contributed by atoms with Crippen LogP contribution in [0.3, 0.4) is 0 Å². The van der Waals surface area contributed by atoms with Crippen molar-refractivity contribution in [2.75, 3.05) is 5.32 Å². The predicted octanol–water partition coefficient (Wildman–Crippen LogP) is 7.36. The van der Waals surface area contributed by atoms with E-state index < -0.39 is 18.0 Å². The number of aryl methyl sites for hydroxylation is 2. The molecule has 0 saturated heterocycles. The van der Waals surface area contributed by atoms with E-state index in [4.69, 9.17) is 27.9 Å². The van der Waals surface area contributed by atoms with Crippen LogP contribution in [0, 0.1) is 13.8 Å². The molecule has 0 fully saturated rings. The van der Waals surface area contributed by atoms with Gasteiger partial charge in [0.15, 0.2) is 0 Å². The first-order valence-electron chi connectivity index (χ1n) is 9.84. The van der Waals surface area contributed by atoms with Crippen LogP contribution < -0.4 is 5.32 Å². The molecule has 1 unspecified atom stereocenters. The molecule has 3 aromatic carbocycles. The Labute approximate surface area is 199 Å². The SMILES string of the molecule is Cc1cc(C)cc(NC(=O)C(OC(=O)c2sc3cc(Cl)ccc3c2Cl)c2ccccc2)c1. The van der Waals surface area contributed by atoms with E-state index in [0.717, 1.165) is 15.8 Å². The number of hydrogen-bond acceptors (Lipinski definition) is 4. The van der Waals surface area contributed by atoms with Gasteiger partial charge in [-0.15, -0.1) is 11.3 Å². The predicted molar refractivity (Wildman–Crippen MR) is 131 cm³/mol. The minimum absolute atomic E-state index is 0.226. The smallest absolute Gasteiger partial charge is 0.351 e. The molecule has 0 bridgehead atoms. The highest BCUT2D eigenvalue weighted by molar-refractivity contribution is 7.21. The summed E-state index contributed by atoms with van der Waals surface area (Å²) < 4.78 is 6.47. The average Bonchev–Trinajstić information content (AvgIpc) is 3.07. The molecular formula is C25H19Cl2NO3S. The fourth-order valence-corrected chi connectivity index (χ4v) is 5.15. The lowest BCUT2D eigenvalue weighted by molar-refractivity contribution is -0.125. The number of anilines is 1. The van der Waals surface area contributed by atoms with E-state index >= 15 is 0 Å². The van der Waals surface area contributed by atoms with Gasteiger partial charge in [-0.2, -0.15) is 0 Å². The normalized spacial score (nSPS) is 11.9. The van der Waals surface area contributed by atoms with Crippen molar-refractivity contribution in [2.24, 2.45) is 0 Å². The van der Waals surface area contributed by atoms with Crippen LogP contribution in [0.25, 0.3) is 10.1 Å². The van der Waals surface area contributed by atoms with Crippen LogP contribution in [-0.2, 0) is 9.53 Å². The minimum Gasteiger partial charge on any atom is -0.443 e. The quantitative estimate of drug-likeness (QED) is 0.301. The summed E-state index contributed by atoms with van der Waals surface area (Å²) in [5.41, 5.74) is 3.23. The van der Waals surface area contributed by atoms with Gasteiger partial charge in [-0.3, -0.25) is 4.79 Å². The third-order valence-corrected chi connectivity index (χ3v) is 6.70. The number of ether oxygens (including phenoxy) is 1. The van der Waals surface area contributed by atoms with Gasteiger partial charge in [-0.05, 0) is 49.2 Å². The number of thiophene rings is 1. The van der Waals surface area contributed by atoms with E-state index in [1.165, 1.54) is 11.3 Å². The summed E-state index contributed by atoms with van der Waals surface area (Å²) in [6.07, 6.45) is -1.14. The Kier molecular flexibility index (Phi) is 6.51. The summed E-state index contributed by atoms with van der Waals surface area (Å²) >= 11 is 13.7. The molecular weight excluding hydrogens is 465 g/mol. The van der Waals surface area contributed by atoms with E-state index in [0.29, 0.717) is 21.7 Å². The number of hydrogen-bond donors (Lipinski definition) is 1. The van der Waals surface area contributed by atoms with E-state index in [-0.39, 0.29) is 9.90 Å². The van der Waals surface area contributed by atoms with Gasteiger partial charge < -0.3 is 10.1 Å². The molecule has 0 saturated carbocycles. The van der Waals surface area contributed by atoms with Crippen LogP contribution in [0.5, 0.6) is 0 Å².